The number of amides is 2. The van der Waals surface area contributed by atoms with Crippen LogP contribution in [0, 0.1) is 5.92 Å². The first-order valence-electron chi connectivity index (χ1n) is 4.08. The monoisotopic (exact) mass is 172 g/mol. The highest BCUT2D eigenvalue weighted by molar-refractivity contribution is 5.86. The molecule has 0 aliphatic carbocycles. The molecule has 0 heterocycles. The van der Waals surface area contributed by atoms with Gasteiger partial charge in [0.15, 0.2) is 0 Å². The summed E-state index contributed by atoms with van der Waals surface area (Å²) in [6, 6.07) is -0.577. The van der Waals surface area contributed by atoms with Gasteiger partial charge in [-0.25, -0.2) is 0 Å². The fourth-order valence-corrected chi connectivity index (χ4v) is 0.612. The zero-order valence-electron chi connectivity index (χ0n) is 7.76. The van der Waals surface area contributed by atoms with Gasteiger partial charge >= 0.3 is 0 Å². The lowest BCUT2D eigenvalue weighted by Gasteiger charge is -2.13. The summed E-state index contributed by atoms with van der Waals surface area (Å²) in [5, 5.41) is 2.52. The van der Waals surface area contributed by atoms with Gasteiger partial charge in [0.25, 0.3) is 0 Å². The Morgan fingerprint density at radius 1 is 1.42 bits per heavy atom. The molecule has 70 valence electrons. The van der Waals surface area contributed by atoms with Crippen LogP contribution in [-0.2, 0) is 9.59 Å². The molecule has 0 radical (unpaired) electrons. The van der Waals surface area contributed by atoms with E-state index in [1.165, 1.54) is 0 Å². The van der Waals surface area contributed by atoms with E-state index in [1.807, 2.05) is 13.8 Å². The van der Waals surface area contributed by atoms with E-state index in [0.29, 0.717) is 0 Å². The first-order chi connectivity index (χ1) is 5.49. The van der Waals surface area contributed by atoms with Gasteiger partial charge in [0, 0.05) is 5.92 Å². The zero-order chi connectivity index (χ0) is 9.72. The summed E-state index contributed by atoms with van der Waals surface area (Å²) in [5.74, 6) is -0.692. The summed E-state index contributed by atoms with van der Waals surface area (Å²) < 4.78 is 0. The molecule has 3 N–H and O–H groups in total. The van der Waals surface area contributed by atoms with Crippen LogP contribution in [0.2, 0.25) is 0 Å². The largest absolute Gasteiger partial charge is 0.368 e. The lowest BCUT2D eigenvalue weighted by atomic mass is 10.1. The van der Waals surface area contributed by atoms with Crippen LogP contribution in [0.1, 0.15) is 27.2 Å². The Labute approximate surface area is 72.5 Å². The standard InChI is InChI=1S/C8H16N2O2/c1-4-5(2)8(12)10-6(3)7(9)11/h5-6H,4H2,1-3H3,(H2,9,11)(H,10,12)/t5-,6-/m0/s1. The minimum Gasteiger partial charge on any atom is -0.368 e. The minimum atomic E-state index is -0.577. The highest BCUT2D eigenvalue weighted by Crippen LogP contribution is 2.00. The SMILES string of the molecule is CC[C@H](C)C(=O)N[C@@H](C)C(N)=O. The second-order valence-corrected chi connectivity index (χ2v) is 2.94. The van der Waals surface area contributed by atoms with Crippen LogP contribution in [0.5, 0.6) is 0 Å². The van der Waals surface area contributed by atoms with Crippen LogP contribution in [0.25, 0.3) is 0 Å². The summed E-state index contributed by atoms with van der Waals surface area (Å²) in [6.07, 6.45) is 0.761. The van der Waals surface area contributed by atoms with E-state index in [4.69, 9.17) is 5.73 Å². The highest BCUT2D eigenvalue weighted by atomic mass is 16.2. The minimum absolute atomic E-state index is 0.0631. The van der Waals surface area contributed by atoms with Crippen LogP contribution in [-0.4, -0.2) is 17.9 Å². The van der Waals surface area contributed by atoms with Crippen LogP contribution >= 0.6 is 0 Å². The van der Waals surface area contributed by atoms with E-state index < -0.39 is 11.9 Å². The Bertz CT molecular complexity index is 180. The summed E-state index contributed by atoms with van der Waals surface area (Å²) in [5.41, 5.74) is 4.97. The molecule has 4 nitrogen and oxygen atoms in total. The maximum Gasteiger partial charge on any atom is 0.239 e. The number of primary amides is 1. The van der Waals surface area contributed by atoms with Crippen molar-refractivity contribution >= 4 is 11.8 Å². The third-order valence-electron chi connectivity index (χ3n) is 1.85. The second kappa shape index (κ2) is 4.74. The predicted octanol–water partition coefficient (Wildman–Crippen LogP) is 0.0225. The van der Waals surface area contributed by atoms with E-state index in [9.17, 15) is 9.59 Å². The number of carbonyl (C=O) groups is 2. The number of carbonyl (C=O) groups excluding carboxylic acids is 2. The van der Waals surface area contributed by atoms with Gasteiger partial charge in [0.1, 0.15) is 6.04 Å². The third kappa shape index (κ3) is 3.37. The van der Waals surface area contributed by atoms with Gasteiger partial charge in [0.2, 0.25) is 11.8 Å². The fraction of sp³-hybridized carbons (Fsp3) is 0.750. The van der Waals surface area contributed by atoms with Gasteiger partial charge in [-0.2, -0.15) is 0 Å². The van der Waals surface area contributed by atoms with E-state index in [2.05, 4.69) is 5.32 Å². The zero-order valence-corrected chi connectivity index (χ0v) is 7.76. The average Bonchev–Trinajstić information content (AvgIpc) is 2.02. The summed E-state index contributed by atoms with van der Waals surface area (Å²) in [6.45, 7) is 5.30. The van der Waals surface area contributed by atoms with Crippen molar-refractivity contribution in [3.8, 4) is 0 Å². The second-order valence-electron chi connectivity index (χ2n) is 2.94. The van der Waals surface area contributed by atoms with Gasteiger partial charge in [-0.3, -0.25) is 9.59 Å². The predicted molar refractivity (Wildman–Crippen MR) is 46.3 cm³/mol. The van der Waals surface area contributed by atoms with Crippen molar-refractivity contribution in [2.75, 3.05) is 0 Å². The molecule has 2 atom stereocenters. The normalized spacial score (nSPS) is 14.9. The molecule has 0 aromatic heterocycles. The summed E-state index contributed by atoms with van der Waals surface area (Å²) >= 11 is 0. The number of hydrogen-bond acceptors (Lipinski definition) is 2. The molecule has 12 heavy (non-hydrogen) atoms. The Kier molecular flexibility index (Phi) is 4.33. The molecule has 0 bridgehead atoms. The number of nitrogens with two attached hydrogens (primary N) is 1. The van der Waals surface area contributed by atoms with Crippen molar-refractivity contribution in [2.45, 2.75) is 33.2 Å². The van der Waals surface area contributed by atoms with Crippen LogP contribution in [0.15, 0.2) is 0 Å². The molecule has 4 heteroatoms. The summed E-state index contributed by atoms with van der Waals surface area (Å²) in [7, 11) is 0. The molecule has 0 fully saturated rings. The van der Waals surface area contributed by atoms with E-state index in [1.54, 1.807) is 6.92 Å². The molecule has 0 saturated carbocycles. The Balaban J connectivity index is 3.92. The first-order valence-corrected chi connectivity index (χ1v) is 4.08. The van der Waals surface area contributed by atoms with Crippen LogP contribution in [0.4, 0.5) is 0 Å². The molecule has 0 rings (SSSR count). The molecule has 0 saturated heterocycles. The van der Waals surface area contributed by atoms with Gasteiger partial charge in [-0.05, 0) is 13.3 Å². The lowest BCUT2D eigenvalue weighted by molar-refractivity contribution is -0.129. The lowest BCUT2D eigenvalue weighted by Crippen LogP contribution is -2.44. The van der Waals surface area contributed by atoms with Crippen LogP contribution in [0.3, 0.4) is 0 Å². The van der Waals surface area contributed by atoms with Gasteiger partial charge in [0.05, 0.1) is 0 Å². The molecule has 0 unspecified atom stereocenters. The first kappa shape index (κ1) is 10.9. The fourth-order valence-electron chi connectivity index (χ4n) is 0.612. The van der Waals surface area contributed by atoms with Gasteiger partial charge in [-0.15, -0.1) is 0 Å². The Morgan fingerprint density at radius 3 is 2.25 bits per heavy atom. The molecular weight excluding hydrogens is 156 g/mol. The molecule has 0 aliphatic heterocycles. The van der Waals surface area contributed by atoms with E-state index in [0.717, 1.165) is 6.42 Å². The van der Waals surface area contributed by atoms with Crippen molar-refractivity contribution in [2.24, 2.45) is 11.7 Å². The van der Waals surface area contributed by atoms with Crippen molar-refractivity contribution in [1.82, 2.24) is 5.32 Å². The maximum atomic E-state index is 11.2. The van der Waals surface area contributed by atoms with E-state index >= 15 is 0 Å². The number of nitrogens with one attached hydrogen (secondary N) is 1. The average molecular weight is 172 g/mol. The van der Waals surface area contributed by atoms with Gasteiger partial charge in [-0.1, -0.05) is 13.8 Å². The molecule has 0 aromatic rings. The highest BCUT2D eigenvalue weighted by Gasteiger charge is 2.15. The van der Waals surface area contributed by atoms with Crippen molar-refractivity contribution in [3.05, 3.63) is 0 Å². The number of rotatable bonds is 4. The van der Waals surface area contributed by atoms with Gasteiger partial charge < -0.3 is 11.1 Å². The van der Waals surface area contributed by atoms with Crippen molar-refractivity contribution in [3.63, 3.8) is 0 Å². The van der Waals surface area contributed by atoms with E-state index in [-0.39, 0.29) is 11.8 Å². The molecule has 0 aliphatic rings. The topological polar surface area (TPSA) is 72.2 Å². The Morgan fingerprint density at radius 2 is 1.92 bits per heavy atom. The molecular formula is C8H16N2O2. The Hall–Kier alpha value is -1.06. The third-order valence-corrected chi connectivity index (χ3v) is 1.85. The molecule has 0 spiro atoms. The quantitative estimate of drug-likeness (QED) is 0.627. The molecule has 2 amide bonds. The van der Waals surface area contributed by atoms with Crippen LogP contribution < -0.4 is 11.1 Å². The number of hydrogen-bond donors (Lipinski definition) is 2. The maximum absolute atomic E-state index is 11.2. The van der Waals surface area contributed by atoms with Crippen molar-refractivity contribution < 1.29 is 9.59 Å². The molecule has 0 aromatic carbocycles. The summed E-state index contributed by atoms with van der Waals surface area (Å²) in [4.78, 5) is 21.7. The smallest absolute Gasteiger partial charge is 0.239 e. The van der Waals surface area contributed by atoms with Crippen molar-refractivity contribution in [1.29, 1.82) is 0 Å².